The summed E-state index contributed by atoms with van der Waals surface area (Å²) in [5.74, 6) is -0.696. The Hall–Kier alpha value is -2.00. The van der Waals surface area contributed by atoms with Crippen LogP contribution in [0.3, 0.4) is 0 Å². The molecule has 110 valence electrons. The molecule has 0 fully saturated rings. The Labute approximate surface area is 129 Å². The van der Waals surface area contributed by atoms with Crippen LogP contribution in [0.2, 0.25) is 5.02 Å². The van der Waals surface area contributed by atoms with Crippen molar-refractivity contribution >= 4 is 17.6 Å². The summed E-state index contributed by atoms with van der Waals surface area (Å²) in [6.07, 6.45) is 0.404. The van der Waals surface area contributed by atoms with Crippen molar-refractivity contribution in [2.24, 2.45) is 0 Å². The van der Waals surface area contributed by atoms with Crippen molar-refractivity contribution in [3.63, 3.8) is 0 Å². The molecule has 1 unspecified atom stereocenters. The molecule has 0 spiro atoms. The fraction of sp³-hybridized carbons (Fsp3) is 0.235. The Kier molecular flexibility index (Phi) is 4.86. The maximum absolute atomic E-state index is 11.6. The Balaban J connectivity index is 2.31. The number of carboxylic acid groups (broad SMARTS) is 1. The number of carbonyl (C=O) groups is 1. The molecular formula is C17H17ClO3. The third-order valence-electron chi connectivity index (χ3n) is 3.45. The van der Waals surface area contributed by atoms with Gasteiger partial charge in [0.25, 0.3) is 0 Å². The molecule has 0 aromatic heterocycles. The predicted octanol–water partition coefficient (Wildman–Crippen LogP) is 4.07. The third-order valence-corrected chi connectivity index (χ3v) is 3.68. The predicted molar refractivity (Wildman–Crippen MR) is 83.3 cm³/mol. The van der Waals surface area contributed by atoms with Gasteiger partial charge in [-0.3, -0.25) is 4.79 Å². The first-order chi connectivity index (χ1) is 10.0. The summed E-state index contributed by atoms with van der Waals surface area (Å²) in [5, 5.41) is 10.1. The third kappa shape index (κ3) is 3.76. The van der Waals surface area contributed by atoms with E-state index in [-0.39, 0.29) is 0 Å². The van der Waals surface area contributed by atoms with E-state index >= 15 is 0 Å². The number of carboxylic acids is 1. The van der Waals surface area contributed by atoms with E-state index in [2.05, 4.69) is 0 Å². The summed E-state index contributed by atoms with van der Waals surface area (Å²) in [5.41, 5.74) is 2.59. The maximum atomic E-state index is 11.6. The van der Waals surface area contributed by atoms with Crippen LogP contribution in [-0.2, 0) is 11.2 Å². The standard InChI is InChI=1S/C17H17ClO3/c1-11-8-13(6-7-16(11)21-2)15(17(19)20)10-12-4-3-5-14(18)9-12/h3-9,15H,10H2,1-2H3,(H,19,20). The van der Waals surface area contributed by atoms with E-state index < -0.39 is 11.9 Å². The van der Waals surface area contributed by atoms with Gasteiger partial charge in [-0.1, -0.05) is 35.9 Å². The number of hydrogen-bond acceptors (Lipinski definition) is 2. The SMILES string of the molecule is COc1ccc(C(Cc2cccc(Cl)c2)C(=O)O)cc1C. The molecule has 0 saturated heterocycles. The zero-order valence-corrected chi connectivity index (χ0v) is 12.7. The summed E-state index contributed by atoms with van der Waals surface area (Å²) in [7, 11) is 1.60. The normalized spacial score (nSPS) is 12.0. The lowest BCUT2D eigenvalue weighted by Crippen LogP contribution is -2.14. The lowest BCUT2D eigenvalue weighted by atomic mass is 9.91. The van der Waals surface area contributed by atoms with Crippen LogP contribution < -0.4 is 4.74 Å². The summed E-state index contributed by atoms with van der Waals surface area (Å²) in [6, 6.07) is 12.8. The highest BCUT2D eigenvalue weighted by Crippen LogP contribution is 2.27. The molecule has 21 heavy (non-hydrogen) atoms. The van der Waals surface area contributed by atoms with E-state index in [9.17, 15) is 9.90 Å². The molecule has 4 heteroatoms. The minimum atomic E-state index is -0.848. The van der Waals surface area contributed by atoms with Crippen molar-refractivity contribution in [2.45, 2.75) is 19.3 Å². The fourth-order valence-corrected chi connectivity index (χ4v) is 2.58. The number of halogens is 1. The van der Waals surface area contributed by atoms with Gasteiger partial charge in [-0.15, -0.1) is 0 Å². The highest BCUT2D eigenvalue weighted by atomic mass is 35.5. The number of methoxy groups -OCH3 is 1. The molecule has 0 aliphatic rings. The van der Waals surface area contributed by atoms with Crippen molar-refractivity contribution in [1.29, 1.82) is 0 Å². The average molecular weight is 305 g/mol. The highest BCUT2D eigenvalue weighted by Gasteiger charge is 2.21. The topological polar surface area (TPSA) is 46.5 Å². The van der Waals surface area contributed by atoms with Crippen molar-refractivity contribution in [2.75, 3.05) is 7.11 Å². The van der Waals surface area contributed by atoms with Crippen molar-refractivity contribution < 1.29 is 14.6 Å². The van der Waals surface area contributed by atoms with Crippen LogP contribution in [0.4, 0.5) is 0 Å². The molecule has 1 N–H and O–H groups in total. The maximum Gasteiger partial charge on any atom is 0.311 e. The number of hydrogen-bond donors (Lipinski definition) is 1. The minimum absolute atomic E-state index is 0.404. The van der Waals surface area contributed by atoms with Gasteiger partial charge in [-0.2, -0.15) is 0 Å². The van der Waals surface area contributed by atoms with Gasteiger partial charge in [0, 0.05) is 5.02 Å². The van der Waals surface area contributed by atoms with Crippen LogP contribution in [-0.4, -0.2) is 18.2 Å². The number of ether oxygens (including phenoxy) is 1. The molecule has 0 heterocycles. The quantitative estimate of drug-likeness (QED) is 0.906. The fourth-order valence-electron chi connectivity index (χ4n) is 2.37. The van der Waals surface area contributed by atoms with Gasteiger partial charge in [-0.05, 0) is 48.2 Å². The molecule has 0 aliphatic carbocycles. The first kappa shape index (κ1) is 15.4. The van der Waals surface area contributed by atoms with Gasteiger partial charge in [0.15, 0.2) is 0 Å². The monoisotopic (exact) mass is 304 g/mol. The van der Waals surface area contributed by atoms with E-state index in [0.29, 0.717) is 11.4 Å². The lowest BCUT2D eigenvalue weighted by Gasteiger charge is -2.15. The molecule has 0 radical (unpaired) electrons. The van der Waals surface area contributed by atoms with E-state index in [4.69, 9.17) is 16.3 Å². The first-order valence-electron chi connectivity index (χ1n) is 6.63. The molecule has 2 aromatic rings. The second-order valence-corrected chi connectivity index (χ2v) is 5.39. The molecule has 2 rings (SSSR count). The number of aryl methyl sites for hydroxylation is 1. The van der Waals surface area contributed by atoms with Gasteiger partial charge in [0.2, 0.25) is 0 Å². The lowest BCUT2D eigenvalue weighted by molar-refractivity contribution is -0.138. The van der Waals surface area contributed by atoms with E-state index in [1.165, 1.54) is 0 Å². The first-order valence-corrected chi connectivity index (χ1v) is 7.01. The van der Waals surface area contributed by atoms with Crippen LogP contribution >= 0.6 is 11.6 Å². The smallest absolute Gasteiger partial charge is 0.311 e. The van der Waals surface area contributed by atoms with Gasteiger partial charge < -0.3 is 9.84 Å². The molecule has 0 saturated carbocycles. The zero-order valence-electron chi connectivity index (χ0n) is 12.0. The largest absolute Gasteiger partial charge is 0.496 e. The van der Waals surface area contributed by atoms with E-state index in [1.807, 2.05) is 25.1 Å². The van der Waals surface area contributed by atoms with Gasteiger partial charge >= 0.3 is 5.97 Å². The summed E-state index contributed by atoms with van der Waals surface area (Å²) < 4.78 is 5.21. The number of benzene rings is 2. The van der Waals surface area contributed by atoms with Gasteiger partial charge in [-0.25, -0.2) is 0 Å². The highest BCUT2D eigenvalue weighted by molar-refractivity contribution is 6.30. The van der Waals surface area contributed by atoms with Crippen molar-refractivity contribution in [3.05, 3.63) is 64.2 Å². The van der Waals surface area contributed by atoms with E-state index in [0.717, 1.165) is 22.4 Å². The van der Waals surface area contributed by atoms with Crippen LogP contribution in [0.5, 0.6) is 5.75 Å². The molecule has 0 amide bonds. The summed E-state index contributed by atoms with van der Waals surface area (Å²) in [6.45, 7) is 1.90. The number of rotatable bonds is 5. The van der Waals surface area contributed by atoms with Crippen LogP contribution in [0, 0.1) is 6.92 Å². The van der Waals surface area contributed by atoms with Crippen LogP contribution in [0.1, 0.15) is 22.6 Å². The Bertz CT molecular complexity index is 652. The Morgan fingerprint density at radius 1 is 1.29 bits per heavy atom. The van der Waals surface area contributed by atoms with Crippen LogP contribution in [0.15, 0.2) is 42.5 Å². The van der Waals surface area contributed by atoms with Crippen LogP contribution in [0.25, 0.3) is 0 Å². The second-order valence-electron chi connectivity index (χ2n) is 4.95. The molecular weight excluding hydrogens is 288 g/mol. The summed E-state index contributed by atoms with van der Waals surface area (Å²) >= 11 is 5.95. The average Bonchev–Trinajstić information content (AvgIpc) is 2.44. The zero-order chi connectivity index (χ0) is 15.4. The molecule has 0 bridgehead atoms. The Morgan fingerprint density at radius 3 is 2.62 bits per heavy atom. The molecule has 2 aromatic carbocycles. The Morgan fingerprint density at radius 2 is 2.05 bits per heavy atom. The molecule has 1 atom stereocenters. The summed E-state index contributed by atoms with van der Waals surface area (Å²) in [4.78, 5) is 11.6. The van der Waals surface area contributed by atoms with Gasteiger partial charge in [0.1, 0.15) is 5.75 Å². The molecule has 0 aliphatic heterocycles. The minimum Gasteiger partial charge on any atom is -0.496 e. The van der Waals surface area contributed by atoms with Crippen molar-refractivity contribution in [3.8, 4) is 5.75 Å². The van der Waals surface area contributed by atoms with Crippen molar-refractivity contribution in [1.82, 2.24) is 0 Å². The van der Waals surface area contributed by atoms with E-state index in [1.54, 1.807) is 31.4 Å². The molecule has 3 nitrogen and oxygen atoms in total. The van der Waals surface area contributed by atoms with Gasteiger partial charge in [0.05, 0.1) is 13.0 Å². The second kappa shape index (κ2) is 6.64. The number of aliphatic carboxylic acids is 1.